The minimum atomic E-state index is -4.24. The number of halogens is 3. The number of hydrogen-bond donors (Lipinski definition) is 1. The van der Waals surface area contributed by atoms with Gasteiger partial charge in [0.05, 0.1) is 11.4 Å². The molecule has 1 aromatic heterocycles. The number of nitrogens with two attached hydrogens (primary N) is 1. The van der Waals surface area contributed by atoms with Gasteiger partial charge in [-0.3, -0.25) is 4.98 Å². The van der Waals surface area contributed by atoms with E-state index in [1.807, 2.05) is 0 Å². The smallest absolute Gasteiger partial charge is 0.397 e. The summed E-state index contributed by atoms with van der Waals surface area (Å²) in [5.41, 5.74) is 3.82. The number of pyridine rings is 1. The molecule has 0 unspecified atom stereocenters. The summed E-state index contributed by atoms with van der Waals surface area (Å²) < 4.78 is 38.0. The predicted octanol–water partition coefficient (Wildman–Crippen LogP) is 2.26. The quantitative estimate of drug-likeness (QED) is 0.758. The van der Waals surface area contributed by atoms with Gasteiger partial charge < -0.3 is 5.73 Å². The summed E-state index contributed by atoms with van der Waals surface area (Å²) in [6, 6.07) is 2.99. The van der Waals surface area contributed by atoms with Gasteiger partial charge in [-0.25, -0.2) is 0 Å². The largest absolute Gasteiger partial charge is 0.400 e. The summed E-state index contributed by atoms with van der Waals surface area (Å²) in [6.07, 6.45) is -2.71. The highest BCUT2D eigenvalue weighted by atomic mass is 19.4. The number of nitrogens with zero attached hydrogens (tertiary/aromatic N) is 1. The van der Waals surface area contributed by atoms with E-state index in [1.165, 1.54) is 18.3 Å². The lowest BCUT2D eigenvalue weighted by Crippen LogP contribution is -2.30. The second-order valence-electron chi connectivity index (χ2n) is 3.52. The lowest BCUT2D eigenvalue weighted by Gasteiger charge is -2.19. The topological polar surface area (TPSA) is 38.9 Å². The first-order valence-corrected chi connectivity index (χ1v) is 4.25. The van der Waals surface area contributed by atoms with Crippen molar-refractivity contribution >= 4 is 5.69 Å². The first kappa shape index (κ1) is 9.30. The summed E-state index contributed by atoms with van der Waals surface area (Å²) in [5.74, 6) is 0. The van der Waals surface area contributed by atoms with E-state index in [9.17, 15) is 13.2 Å². The monoisotopic (exact) mass is 202 g/mol. The van der Waals surface area contributed by atoms with E-state index in [0.717, 1.165) is 0 Å². The molecule has 0 spiro atoms. The fourth-order valence-corrected chi connectivity index (χ4v) is 1.60. The van der Waals surface area contributed by atoms with Crippen molar-refractivity contribution in [1.82, 2.24) is 4.98 Å². The van der Waals surface area contributed by atoms with Crippen LogP contribution < -0.4 is 5.73 Å². The number of nitrogen functional groups attached to an aromatic ring is 1. The third kappa shape index (κ3) is 1.15. The summed E-state index contributed by atoms with van der Waals surface area (Å²) in [6.45, 7) is 0. The molecule has 5 heteroatoms. The van der Waals surface area contributed by atoms with E-state index in [0.29, 0.717) is 0 Å². The Balaban J connectivity index is 2.46. The van der Waals surface area contributed by atoms with Gasteiger partial charge in [0.2, 0.25) is 0 Å². The lowest BCUT2D eigenvalue weighted by molar-refractivity contribution is -0.161. The molecule has 1 fully saturated rings. The van der Waals surface area contributed by atoms with Gasteiger partial charge in [0.25, 0.3) is 0 Å². The van der Waals surface area contributed by atoms with Crippen molar-refractivity contribution in [1.29, 1.82) is 0 Å². The Morgan fingerprint density at radius 3 is 2.43 bits per heavy atom. The molecular weight excluding hydrogens is 193 g/mol. The molecule has 0 aliphatic heterocycles. The highest BCUT2D eigenvalue weighted by Crippen LogP contribution is 2.59. The van der Waals surface area contributed by atoms with Crippen LogP contribution in [-0.4, -0.2) is 11.2 Å². The highest BCUT2D eigenvalue weighted by Gasteiger charge is 2.65. The van der Waals surface area contributed by atoms with Gasteiger partial charge in [-0.15, -0.1) is 0 Å². The predicted molar refractivity (Wildman–Crippen MR) is 45.6 cm³/mol. The molecule has 1 aromatic rings. The van der Waals surface area contributed by atoms with Crippen LogP contribution in [0.2, 0.25) is 0 Å². The number of hydrogen-bond acceptors (Lipinski definition) is 2. The Kier molecular flexibility index (Phi) is 1.74. The average Bonchev–Trinajstić information content (AvgIpc) is 2.84. The fourth-order valence-electron chi connectivity index (χ4n) is 1.60. The fraction of sp³-hybridized carbons (Fsp3) is 0.444. The first-order valence-electron chi connectivity index (χ1n) is 4.25. The zero-order valence-corrected chi connectivity index (χ0v) is 7.30. The molecule has 0 aromatic carbocycles. The second-order valence-corrected chi connectivity index (χ2v) is 3.52. The van der Waals surface area contributed by atoms with Crippen LogP contribution in [0.25, 0.3) is 0 Å². The van der Waals surface area contributed by atoms with Crippen molar-refractivity contribution < 1.29 is 13.2 Å². The molecule has 0 amide bonds. The van der Waals surface area contributed by atoms with Gasteiger partial charge in [0, 0.05) is 6.20 Å². The molecule has 1 aliphatic rings. The zero-order valence-electron chi connectivity index (χ0n) is 7.30. The summed E-state index contributed by atoms with van der Waals surface area (Å²) >= 11 is 0. The Morgan fingerprint density at radius 2 is 2.00 bits per heavy atom. The van der Waals surface area contributed by atoms with E-state index >= 15 is 0 Å². The molecule has 2 nitrogen and oxygen atoms in total. The Bertz CT molecular complexity index is 355. The second kappa shape index (κ2) is 2.62. The van der Waals surface area contributed by atoms with Crippen LogP contribution in [0.4, 0.5) is 18.9 Å². The summed E-state index contributed by atoms with van der Waals surface area (Å²) in [5, 5.41) is 0. The number of rotatable bonds is 1. The van der Waals surface area contributed by atoms with Crippen molar-refractivity contribution in [2.75, 3.05) is 5.73 Å². The Hall–Kier alpha value is -1.26. The number of alkyl halides is 3. The molecule has 0 radical (unpaired) electrons. The van der Waals surface area contributed by atoms with E-state index in [-0.39, 0.29) is 24.2 Å². The highest BCUT2D eigenvalue weighted by molar-refractivity contribution is 5.49. The van der Waals surface area contributed by atoms with E-state index in [2.05, 4.69) is 4.98 Å². The molecular formula is C9H9F3N2. The van der Waals surface area contributed by atoms with E-state index < -0.39 is 11.6 Å². The molecule has 14 heavy (non-hydrogen) atoms. The van der Waals surface area contributed by atoms with Crippen LogP contribution in [0, 0.1) is 0 Å². The molecule has 1 aliphatic carbocycles. The summed E-state index contributed by atoms with van der Waals surface area (Å²) in [4.78, 5) is 3.73. The SMILES string of the molecule is Nc1cccnc1C1(C(F)(F)F)CC1. The summed E-state index contributed by atoms with van der Waals surface area (Å²) in [7, 11) is 0. The third-order valence-electron chi connectivity index (χ3n) is 2.58. The van der Waals surface area contributed by atoms with Crippen LogP contribution in [0.1, 0.15) is 18.5 Å². The van der Waals surface area contributed by atoms with E-state index in [4.69, 9.17) is 5.73 Å². The van der Waals surface area contributed by atoms with Gasteiger partial charge in [0.1, 0.15) is 5.41 Å². The van der Waals surface area contributed by atoms with Crippen molar-refractivity contribution in [2.45, 2.75) is 24.4 Å². The Morgan fingerprint density at radius 1 is 1.36 bits per heavy atom. The van der Waals surface area contributed by atoms with Crippen molar-refractivity contribution in [3.8, 4) is 0 Å². The normalized spacial score (nSPS) is 19.4. The zero-order chi connectivity index (χ0) is 10.4. The third-order valence-corrected chi connectivity index (χ3v) is 2.58. The van der Waals surface area contributed by atoms with Crippen molar-refractivity contribution in [3.63, 3.8) is 0 Å². The van der Waals surface area contributed by atoms with Crippen LogP contribution >= 0.6 is 0 Å². The minimum absolute atomic E-state index is 0.0208. The molecule has 2 N–H and O–H groups in total. The maximum atomic E-state index is 12.7. The molecule has 0 bridgehead atoms. The molecule has 0 saturated heterocycles. The van der Waals surface area contributed by atoms with Crippen LogP contribution in [0.5, 0.6) is 0 Å². The van der Waals surface area contributed by atoms with Gasteiger partial charge in [-0.1, -0.05) is 0 Å². The van der Waals surface area contributed by atoms with Gasteiger partial charge in [-0.2, -0.15) is 13.2 Å². The van der Waals surface area contributed by atoms with Gasteiger partial charge >= 0.3 is 6.18 Å². The molecule has 1 heterocycles. The number of aromatic nitrogens is 1. The molecule has 2 rings (SSSR count). The van der Waals surface area contributed by atoms with Crippen molar-refractivity contribution in [2.24, 2.45) is 0 Å². The number of anilines is 1. The van der Waals surface area contributed by atoms with Gasteiger partial charge in [0.15, 0.2) is 0 Å². The van der Waals surface area contributed by atoms with Gasteiger partial charge in [-0.05, 0) is 25.0 Å². The standard InChI is InChI=1S/C9H9F3N2/c10-9(11,12)8(3-4-8)7-6(13)2-1-5-14-7/h1-2,5H,3-4,13H2. The maximum Gasteiger partial charge on any atom is 0.400 e. The first-order chi connectivity index (χ1) is 6.47. The molecule has 0 atom stereocenters. The average molecular weight is 202 g/mol. The van der Waals surface area contributed by atoms with Crippen LogP contribution in [-0.2, 0) is 5.41 Å². The van der Waals surface area contributed by atoms with Crippen LogP contribution in [0.15, 0.2) is 18.3 Å². The van der Waals surface area contributed by atoms with Crippen molar-refractivity contribution in [3.05, 3.63) is 24.0 Å². The lowest BCUT2D eigenvalue weighted by atomic mass is 10.00. The van der Waals surface area contributed by atoms with E-state index in [1.54, 1.807) is 0 Å². The van der Waals surface area contributed by atoms with Crippen LogP contribution in [0.3, 0.4) is 0 Å². The maximum absolute atomic E-state index is 12.7. The minimum Gasteiger partial charge on any atom is -0.397 e. The molecule has 1 saturated carbocycles. The molecule has 76 valence electrons. The Labute approximate surface area is 78.9 Å².